The summed E-state index contributed by atoms with van der Waals surface area (Å²) < 4.78 is 28.1. The molecule has 0 aromatic carbocycles. The number of sulfone groups is 1. The average Bonchev–Trinajstić information content (AvgIpc) is 2.99. The van der Waals surface area contributed by atoms with Gasteiger partial charge in [0.05, 0.1) is 5.75 Å². The van der Waals surface area contributed by atoms with Gasteiger partial charge in [-0.2, -0.15) is 4.37 Å². The third kappa shape index (κ3) is 3.02. The first-order chi connectivity index (χ1) is 8.95. The Morgan fingerprint density at radius 3 is 2.68 bits per heavy atom. The van der Waals surface area contributed by atoms with Crippen LogP contribution in [0.3, 0.4) is 0 Å². The van der Waals surface area contributed by atoms with E-state index in [0.717, 1.165) is 11.5 Å². The highest BCUT2D eigenvalue weighted by Gasteiger charge is 2.27. The van der Waals surface area contributed by atoms with Crippen LogP contribution in [0.15, 0.2) is 4.90 Å². The molecule has 0 aliphatic heterocycles. The van der Waals surface area contributed by atoms with E-state index >= 15 is 0 Å². The van der Waals surface area contributed by atoms with Gasteiger partial charge in [-0.1, -0.05) is 19.8 Å². The number of nitrogens with one attached hydrogen (secondary N) is 1. The summed E-state index contributed by atoms with van der Waals surface area (Å²) in [5.74, 6) is 0.774. The zero-order chi connectivity index (χ0) is 14.0. The Kier molecular flexibility index (Phi) is 4.35. The van der Waals surface area contributed by atoms with Gasteiger partial charge >= 0.3 is 0 Å². The first-order valence-electron chi connectivity index (χ1n) is 6.70. The minimum atomic E-state index is -3.32. The van der Waals surface area contributed by atoms with Gasteiger partial charge in [0, 0.05) is 6.04 Å². The van der Waals surface area contributed by atoms with E-state index in [1.807, 2.05) is 0 Å². The van der Waals surface area contributed by atoms with Crippen LogP contribution in [0.5, 0.6) is 0 Å². The number of hydrogen-bond donors (Lipinski definition) is 2. The molecule has 0 radical (unpaired) electrons. The molecule has 2 rings (SSSR count). The predicted molar refractivity (Wildman–Crippen MR) is 79.3 cm³/mol. The first kappa shape index (κ1) is 14.6. The smallest absolute Gasteiger partial charge is 0.184 e. The van der Waals surface area contributed by atoms with Crippen molar-refractivity contribution in [2.75, 3.05) is 16.8 Å². The summed E-state index contributed by atoms with van der Waals surface area (Å²) in [5.41, 5.74) is 5.71. The highest BCUT2D eigenvalue weighted by molar-refractivity contribution is 7.91. The van der Waals surface area contributed by atoms with E-state index in [2.05, 4.69) is 16.6 Å². The molecule has 1 atom stereocenters. The molecular weight excluding hydrogens is 282 g/mol. The van der Waals surface area contributed by atoms with Crippen molar-refractivity contribution >= 4 is 32.2 Å². The monoisotopic (exact) mass is 303 g/mol. The lowest BCUT2D eigenvalue weighted by Crippen LogP contribution is -2.24. The van der Waals surface area contributed by atoms with E-state index in [4.69, 9.17) is 5.73 Å². The molecule has 0 saturated heterocycles. The summed E-state index contributed by atoms with van der Waals surface area (Å²) in [7, 11) is -3.32. The summed E-state index contributed by atoms with van der Waals surface area (Å²) in [5, 5.41) is 3.91. The molecule has 7 heteroatoms. The number of anilines is 2. The topological polar surface area (TPSA) is 85.1 Å². The first-order valence-corrected chi connectivity index (χ1v) is 9.12. The Hall–Kier alpha value is -0.820. The summed E-state index contributed by atoms with van der Waals surface area (Å²) >= 11 is 1.14. The Bertz CT molecular complexity index is 533. The number of rotatable bonds is 5. The molecule has 1 heterocycles. The fourth-order valence-corrected chi connectivity index (χ4v) is 4.86. The van der Waals surface area contributed by atoms with Crippen LogP contribution in [0.2, 0.25) is 0 Å². The van der Waals surface area contributed by atoms with Gasteiger partial charge in [0.25, 0.3) is 0 Å². The maximum absolute atomic E-state index is 12.1. The molecule has 19 heavy (non-hydrogen) atoms. The van der Waals surface area contributed by atoms with Gasteiger partial charge in [-0.15, -0.1) is 0 Å². The van der Waals surface area contributed by atoms with Gasteiger partial charge in [0.2, 0.25) is 0 Å². The van der Waals surface area contributed by atoms with E-state index in [0.29, 0.717) is 10.9 Å². The van der Waals surface area contributed by atoms with E-state index < -0.39 is 9.84 Å². The van der Waals surface area contributed by atoms with Crippen molar-refractivity contribution in [2.24, 2.45) is 5.92 Å². The van der Waals surface area contributed by atoms with Crippen LogP contribution in [0.25, 0.3) is 0 Å². The third-order valence-corrected chi connectivity index (χ3v) is 6.55. The van der Waals surface area contributed by atoms with Crippen LogP contribution in [0, 0.1) is 5.92 Å². The summed E-state index contributed by atoms with van der Waals surface area (Å²) in [6.07, 6.45) is 4.94. The second-order valence-electron chi connectivity index (χ2n) is 5.11. The summed E-state index contributed by atoms with van der Waals surface area (Å²) in [6.45, 7) is 3.73. The van der Waals surface area contributed by atoms with Crippen molar-refractivity contribution in [2.45, 2.75) is 50.5 Å². The van der Waals surface area contributed by atoms with Crippen molar-refractivity contribution in [3.8, 4) is 0 Å². The minimum Gasteiger partial charge on any atom is -0.382 e. The number of hydrogen-bond acceptors (Lipinski definition) is 6. The highest BCUT2D eigenvalue weighted by atomic mass is 32.2. The lowest BCUT2D eigenvalue weighted by atomic mass is 10.0. The lowest BCUT2D eigenvalue weighted by molar-refractivity contribution is 0.482. The Labute approximate surface area is 118 Å². The minimum absolute atomic E-state index is 0.0438. The summed E-state index contributed by atoms with van der Waals surface area (Å²) in [4.78, 5) is 0.185. The van der Waals surface area contributed by atoms with Gasteiger partial charge < -0.3 is 11.1 Å². The quantitative estimate of drug-likeness (QED) is 0.873. The molecule has 1 saturated carbocycles. The Morgan fingerprint density at radius 2 is 2.11 bits per heavy atom. The van der Waals surface area contributed by atoms with Crippen LogP contribution < -0.4 is 11.1 Å². The molecule has 5 nitrogen and oxygen atoms in total. The van der Waals surface area contributed by atoms with Crippen LogP contribution in [0.4, 0.5) is 10.8 Å². The van der Waals surface area contributed by atoms with Gasteiger partial charge in [-0.3, -0.25) is 0 Å². The second kappa shape index (κ2) is 5.66. The third-order valence-electron chi connectivity index (χ3n) is 3.83. The van der Waals surface area contributed by atoms with Gasteiger partial charge in [0.1, 0.15) is 9.90 Å². The van der Waals surface area contributed by atoms with Gasteiger partial charge in [-0.25, -0.2) is 8.42 Å². The van der Waals surface area contributed by atoms with Gasteiger partial charge in [0.15, 0.2) is 15.7 Å². The Balaban J connectivity index is 2.21. The van der Waals surface area contributed by atoms with Crippen LogP contribution in [-0.2, 0) is 9.84 Å². The molecule has 108 valence electrons. The molecule has 1 aliphatic rings. The maximum Gasteiger partial charge on any atom is 0.184 e. The SMILES string of the molecule is CCS(=O)(=O)c1c(N)nsc1NC(C)C1CCCC1. The van der Waals surface area contributed by atoms with Crippen molar-refractivity contribution in [3.05, 3.63) is 0 Å². The van der Waals surface area contributed by atoms with Crippen LogP contribution >= 0.6 is 11.5 Å². The molecule has 0 spiro atoms. The molecular formula is C12H21N3O2S2. The molecule has 1 aromatic heterocycles. The van der Waals surface area contributed by atoms with Crippen molar-refractivity contribution in [3.63, 3.8) is 0 Å². The lowest BCUT2D eigenvalue weighted by Gasteiger charge is -2.21. The zero-order valence-electron chi connectivity index (χ0n) is 11.3. The van der Waals surface area contributed by atoms with Crippen LogP contribution in [0.1, 0.15) is 39.5 Å². The molecule has 0 bridgehead atoms. The molecule has 0 amide bonds. The van der Waals surface area contributed by atoms with Crippen molar-refractivity contribution in [1.29, 1.82) is 0 Å². The van der Waals surface area contributed by atoms with Crippen molar-refractivity contribution in [1.82, 2.24) is 4.37 Å². The van der Waals surface area contributed by atoms with E-state index in [1.54, 1.807) is 6.92 Å². The molecule has 1 aromatic rings. The summed E-state index contributed by atoms with van der Waals surface area (Å²) in [6, 6.07) is 0.258. The predicted octanol–water partition coefficient (Wildman–Crippen LogP) is 2.51. The zero-order valence-corrected chi connectivity index (χ0v) is 13.0. The molecule has 3 N–H and O–H groups in total. The second-order valence-corrected chi connectivity index (χ2v) is 8.10. The van der Waals surface area contributed by atoms with E-state index in [9.17, 15) is 8.42 Å². The Morgan fingerprint density at radius 1 is 1.47 bits per heavy atom. The van der Waals surface area contributed by atoms with E-state index in [1.165, 1.54) is 25.7 Å². The molecule has 1 aliphatic carbocycles. The fourth-order valence-electron chi connectivity index (χ4n) is 2.61. The molecule has 1 fully saturated rings. The number of nitrogens with zero attached hydrogens (tertiary/aromatic N) is 1. The number of nitrogen functional groups attached to an aromatic ring is 1. The largest absolute Gasteiger partial charge is 0.382 e. The van der Waals surface area contributed by atoms with Crippen molar-refractivity contribution < 1.29 is 8.42 Å². The van der Waals surface area contributed by atoms with Gasteiger partial charge in [-0.05, 0) is 37.2 Å². The highest BCUT2D eigenvalue weighted by Crippen LogP contribution is 2.35. The number of nitrogens with two attached hydrogens (primary N) is 1. The average molecular weight is 303 g/mol. The fraction of sp³-hybridized carbons (Fsp3) is 0.750. The van der Waals surface area contributed by atoms with E-state index in [-0.39, 0.29) is 22.5 Å². The number of aromatic nitrogens is 1. The van der Waals surface area contributed by atoms with Crippen LogP contribution in [-0.4, -0.2) is 24.6 Å². The maximum atomic E-state index is 12.1. The molecule has 1 unspecified atom stereocenters. The normalized spacial score (nSPS) is 18.6. The standard InChI is InChI=1S/C12H21N3O2S2/c1-3-19(16,17)10-11(13)15-18-12(10)14-8(2)9-6-4-5-7-9/h8-9,14H,3-7H2,1-2H3,(H2,13,15).